The molecule has 0 amide bonds. The van der Waals surface area contributed by atoms with Gasteiger partial charge in [-0.2, -0.15) is 0 Å². The van der Waals surface area contributed by atoms with E-state index in [-0.39, 0.29) is 0 Å². The van der Waals surface area contributed by atoms with Gasteiger partial charge in [-0.05, 0) is 42.0 Å². The predicted molar refractivity (Wildman–Crippen MR) is 70.8 cm³/mol. The predicted octanol–water partition coefficient (Wildman–Crippen LogP) is 3.43. The molecule has 0 fully saturated rings. The average molecular weight is 234 g/mol. The van der Waals surface area contributed by atoms with Gasteiger partial charge in [0.2, 0.25) is 0 Å². The summed E-state index contributed by atoms with van der Waals surface area (Å²) in [6.45, 7) is 6.51. The molecule has 0 atom stereocenters. The topological polar surface area (TPSA) is 24.9 Å². The van der Waals surface area contributed by atoms with Crippen molar-refractivity contribution in [2.45, 2.75) is 26.8 Å². The van der Waals surface area contributed by atoms with E-state index in [0.29, 0.717) is 0 Å². The number of pyridine rings is 1. The zero-order chi connectivity index (χ0) is 11.4. The van der Waals surface area contributed by atoms with E-state index in [2.05, 4.69) is 41.7 Å². The summed E-state index contributed by atoms with van der Waals surface area (Å²) in [5.74, 6) is 0.769. The largest absolute Gasteiger partial charge is 0.313 e. The highest BCUT2D eigenvalue weighted by atomic mass is 32.1. The number of fused-ring (bicyclic) bond motifs is 1. The van der Waals surface area contributed by atoms with E-state index in [0.717, 1.165) is 24.5 Å². The highest BCUT2D eigenvalue weighted by Gasteiger charge is 1.99. The average Bonchev–Trinajstić information content (AvgIpc) is 2.71. The molecule has 0 bridgehead atoms. The Balaban J connectivity index is 1.89. The van der Waals surface area contributed by atoms with Crippen LogP contribution in [-0.2, 0) is 6.54 Å². The van der Waals surface area contributed by atoms with Gasteiger partial charge >= 0.3 is 0 Å². The molecule has 0 unspecified atom stereocenters. The molecule has 0 spiro atoms. The molecule has 2 heterocycles. The summed E-state index contributed by atoms with van der Waals surface area (Å²) in [7, 11) is 0. The van der Waals surface area contributed by atoms with Crippen LogP contribution in [-0.4, -0.2) is 11.5 Å². The van der Waals surface area contributed by atoms with Crippen molar-refractivity contribution < 1.29 is 0 Å². The molecular weight excluding hydrogens is 216 g/mol. The Morgan fingerprint density at radius 2 is 2.31 bits per heavy atom. The van der Waals surface area contributed by atoms with Gasteiger partial charge in [-0.1, -0.05) is 13.8 Å². The first kappa shape index (κ1) is 11.6. The van der Waals surface area contributed by atoms with Gasteiger partial charge in [-0.15, -0.1) is 11.3 Å². The molecule has 2 aromatic heterocycles. The SMILES string of the molecule is CC(C)CCNCc1cnc2ccsc2c1. The minimum absolute atomic E-state index is 0.769. The third-order valence-corrected chi connectivity index (χ3v) is 3.44. The Morgan fingerprint density at radius 3 is 3.12 bits per heavy atom. The zero-order valence-corrected chi connectivity index (χ0v) is 10.7. The van der Waals surface area contributed by atoms with Crippen molar-refractivity contribution in [2.75, 3.05) is 6.54 Å². The van der Waals surface area contributed by atoms with Crippen molar-refractivity contribution in [2.24, 2.45) is 5.92 Å². The second kappa shape index (κ2) is 5.41. The smallest absolute Gasteiger partial charge is 0.0809 e. The molecule has 1 N–H and O–H groups in total. The minimum atomic E-state index is 0.769. The summed E-state index contributed by atoms with van der Waals surface area (Å²) < 4.78 is 1.28. The summed E-state index contributed by atoms with van der Waals surface area (Å²) in [4.78, 5) is 4.43. The molecule has 0 aliphatic heterocycles. The van der Waals surface area contributed by atoms with Crippen LogP contribution in [0.4, 0.5) is 0 Å². The van der Waals surface area contributed by atoms with Crippen LogP contribution in [0.3, 0.4) is 0 Å². The monoisotopic (exact) mass is 234 g/mol. The van der Waals surface area contributed by atoms with Crippen LogP contribution in [0.15, 0.2) is 23.7 Å². The lowest BCUT2D eigenvalue weighted by Gasteiger charge is -2.06. The van der Waals surface area contributed by atoms with Gasteiger partial charge in [0.15, 0.2) is 0 Å². The fourth-order valence-electron chi connectivity index (χ4n) is 1.61. The lowest BCUT2D eigenvalue weighted by molar-refractivity contribution is 0.537. The van der Waals surface area contributed by atoms with Crippen molar-refractivity contribution in [1.29, 1.82) is 0 Å². The van der Waals surface area contributed by atoms with E-state index < -0.39 is 0 Å². The fourth-order valence-corrected chi connectivity index (χ4v) is 2.41. The normalized spacial score (nSPS) is 11.4. The number of nitrogens with zero attached hydrogens (tertiary/aromatic N) is 1. The number of hydrogen-bond acceptors (Lipinski definition) is 3. The van der Waals surface area contributed by atoms with E-state index in [1.807, 2.05) is 6.20 Å². The van der Waals surface area contributed by atoms with Crippen molar-refractivity contribution in [3.63, 3.8) is 0 Å². The molecule has 0 saturated heterocycles. The van der Waals surface area contributed by atoms with Gasteiger partial charge in [0.05, 0.1) is 10.2 Å². The maximum Gasteiger partial charge on any atom is 0.0809 e. The summed E-state index contributed by atoms with van der Waals surface area (Å²) in [6, 6.07) is 4.30. The molecule has 2 nitrogen and oxygen atoms in total. The third kappa shape index (κ3) is 3.03. The van der Waals surface area contributed by atoms with E-state index in [4.69, 9.17) is 0 Å². The first-order valence-corrected chi connectivity index (χ1v) is 6.66. The molecule has 2 rings (SSSR count). The maximum absolute atomic E-state index is 4.43. The van der Waals surface area contributed by atoms with Crippen LogP contribution in [0.5, 0.6) is 0 Å². The lowest BCUT2D eigenvalue weighted by Crippen LogP contribution is -2.16. The van der Waals surface area contributed by atoms with Gasteiger partial charge in [-0.25, -0.2) is 0 Å². The zero-order valence-electron chi connectivity index (χ0n) is 9.86. The van der Waals surface area contributed by atoms with E-state index in [1.54, 1.807) is 11.3 Å². The quantitative estimate of drug-likeness (QED) is 0.802. The maximum atomic E-state index is 4.43. The van der Waals surface area contributed by atoms with Crippen LogP contribution < -0.4 is 5.32 Å². The fraction of sp³-hybridized carbons (Fsp3) is 0.462. The van der Waals surface area contributed by atoms with Crippen LogP contribution in [0.1, 0.15) is 25.8 Å². The third-order valence-electron chi connectivity index (χ3n) is 2.59. The number of hydrogen-bond donors (Lipinski definition) is 1. The molecule has 0 radical (unpaired) electrons. The van der Waals surface area contributed by atoms with Crippen molar-refractivity contribution in [3.8, 4) is 0 Å². The van der Waals surface area contributed by atoms with Gasteiger partial charge < -0.3 is 5.32 Å². The van der Waals surface area contributed by atoms with Gasteiger partial charge in [0, 0.05) is 12.7 Å². The second-order valence-corrected chi connectivity index (χ2v) is 5.45. The summed E-state index contributed by atoms with van der Waals surface area (Å²) in [5.41, 5.74) is 2.38. The van der Waals surface area contributed by atoms with Crippen molar-refractivity contribution in [1.82, 2.24) is 10.3 Å². The molecule has 16 heavy (non-hydrogen) atoms. The molecule has 0 saturated carbocycles. The Labute approximate surface area is 101 Å². The Hall–Kier alpha value is -0.930. The highest BCUT2D eigenvalue weighted by Crippen LogP contribution is 2.19. The van der Waals surface area contributed by atoms with Crippen LogP contribution in [0.2, 0.25) is 0 Å². The Kier molecular flexibility index (Phi) is 3.91. The van der Waals surface area contributed by atoms with Crippen LogP contribution in [0.25, 0.3) is 10.2 Å². The standard InChI is InChI=1S/C13H18N2S/c1-10(2)3-5-14-8-11-7-13-12(15-9-11)4-6-16-13/h4,6-7,9-10,14H,3,5,8H2,1-2H3. The summed E-state index contributed by atoms with van der Waals surface area (Å²) in [5, 5.41) is 5.55. The Morgan fingerprint density at radius 1 is 1.44 bits per heavy atom. The molecule has 0 aromatic carbocycles. The van der Waals surface area contributed by atoms with E-state index >= 15 is 0 Å². The molecule has 2 aromatic rings. The number of nitrogens with one attached hydrogen (secondary N) is 1. The molecular formula is C13H18N2S. The number of rotatable bonds is 5. The Bertz CT molecular complexity index is 448. The molecule has 0 aliphatic carbocycles. The number of aromatic nitrogens is 1. The second-order valence-electron chi connectivity index (χ2n) is 4.51. The van der Waals surface area contributed by atoms with Crippen molar-refractivity contribution >= 4 is 21.6 Å². The first-order chi connectivity index (χ1) is 7.75. The van der Waals surface area contributed by atoms with E-state index in [1.165, 1.54) is 16.7 Å². The van der Waals surface area contributed by atoms with Crippen LogP contribution in [0, 0.1) is 5.92 Å². The molecule has 86 valence electrons. The highest BCUT2D eigenvalue weighted by molar-refractivity contribution is 7.17. The molecule has 0 aliphatic rings. The first-order valence-electron chi connectivity index (χ1n) is 5.78. The lowest BCUT2D eigenvalue weighted by atomic mass is 10.1. The number of thiophene rings is 1. The molecule has 3 heteroatoms. The van der Waals surface area contributed by atoms with Crippen molar-refractivity contribution in [3.05, 3.63) is 29.3 Å². The van der Waals surface area contributed by atoms with Gasteiger partial charge in [-0.3, -0.25) is 4.98 Å². The summed E-state index contributed by atoms with van der Waals surface area (Å²) >= 11 is 1.76. The van der Waals surface area contributed by atoms with Gasteiger partial charge in [0.1, 0.15) is 0 Å². The van der Waals surface area contributed by atoms with Gasteiger partial charge in [0.25, 0.3) is 0 Å². The minimum Gasteiger partial charge on any atom is -0.313 e. The van der Waals surface area contributed by atoms with E-state index in [9.17, 15) is 0 Å². The van der Waals surface area contributed by atoms with Crippen LogP contribution >= 0.6 is 11.3 Å². The summed E-state index contributed by atoms with van der Waals surface area (Å²) in [6.07, 6.45) is 3.20.